The molecule has 0 radical (unpaired) electrons. The molecule has 0 aromatic heterocycles. The Morgan fingerprint density at radius 3 is 2.47 bits per heavy atom. The van der Waals surface area contributed by atoms with E-state index in [1.165, 1.54) is 12.1 Å². The average molecular weight is 327 g/mol. The summed E-state index contributed by atoms with van der Waals surface area (Å²) in [6.45, 7) is 0.0694. The third-order valence-corrected chi connectivity index (χ3v) is 3.88. The maximum absolute atomic E-state index is 11.7. The first kappa shape index (κ1) is 13.7. The van der Waals surface area contributed by atoms with Crippen LogP contribution < -0.4 is 0 Å². The first-order chi connectivity index (χ1) is 9.00. The zero-order valence-electron chi connectivity index (χ0n) is 9.97. The van der Waals surface area contributed by atoms with Crippen LogP contribution in [0.2, 0.25) is 0 Å². The number of benzene rings is 1. The molecule has 0 atom stereocenters. The third-order valence-electron chi connectivity index (χ3n) is 2.97. The van der Waals surface area contributed by atoms with E-state index in [1.54, 1.807) is 6.07 Å². The van der Waals surface area contributed by atoms with Gasteiger partial charge in [0.1, 0.15) is 4.47 Å². The Bertz CT molecular complexity index is 543. The number of imide groups is 1. The van der Waals surface area contributed by atoms with Crippen LogP contribution in [0.1, 0.15) is 24.8 Å². The van der Waals surface area contributed by atoms with Crippen molar-refractivity contribution < 1.29 is 14.5 Å². The molecular formula is C12H11BrN2O4. The summed E-state index contributed by atoms with van der Waals surface area (Å²) in [4.78, 5) is 34.9. The minimum absolute atomic E-state index is 0.0694. The Hall–Kier alpha value is -1.76. The van der Waals surface area contributed by atoms with Gasteiger partial charge >= 0.3 is 0 Å². The molecule has 1 aliphatic heterocycles. The first-order valence-electron chi connectivity index (χ1n) is 5.75. The van der Waals surface area contributed by atoms with Gasteiger partial charge in [0.25, 0.3) is 5.69 Å². The van der Waals surface area contributed by atoms with Gasteiger partial charge in [0, 0.05) is 18.9 Å². The van der Waals surface area contributed by atoms with Crippen LogP contribution in [0.15, 0.2) is 22.7 Å². The first-order valence-corrected chi connectivity index (χ1v) is 6.55. The van der Waals surface area contributed by atoms with Gasteiger partial charge in [0.15, 0.2) is 0 Å². The van der Waals surface area contributed by atoms with E-state index in [-0.39, 0.29) is 24.0 Å². The van der Waals surface area contributed by atoms with Gasteiger partial charge < -0.3 is 0 Å². The standard InChI is InChI=1S/C12H11BrN2O4/c13-12-8(3-1-4-9(12)15(18)19)7-14-10(16)5-2-6-11(14)17/h1,3-4H,2,5-7H2. The monoisotopic (exact) mass is 326 g/mol. The SMILES string of the molecule is O=C1CCCC(=O)N1Cc1cccc([N+](=O)[O-])c1Br. The maximum Gasteiger partial charge on any atom is 0.283 e. The predicted molar refractivity (Wildman–Crippen MR) is 70.2 cm³/mol. The Morgan fingerprint density at radius 1 is 1.26 bits per heavy atom. The molecule has 1 aromatic rings. The number of halogens is 1. The van der Waals surface area contributed by atoms with E-state index >= 15 is 0 Å². The molecule has 0 bridgehead atoms. The minimum atomic E-state index is -0.507. The Morgan fingerprint density at radius 2 is 1.89 bits per heavy atom. The van der Waals surface area contributed by atoms with Gasteiger partial charge in [-0.15, -0.1) is 0 Å². The topological polar surface area (TPSA) is 80.5 Å². The molecule has 100 valence electrons. The molecular weight excluding hydrogens is 316 g/mol. The van der Waals surface area contributed by atoms with E-state index in [9.17, 15) is 19.7 Å². The van der Waals surface area contributed by atoms with E-state index in [0.29, 0.717) is 29.3 Å². The quantitative estimate of drug-likeness (QED) is 0.485. The average Bonchev–Trinajstić information content (AvgIpc) is 2.35. The van der Waals surface area contributed by atoms with Crippen molar-refractivity contribution in [2.45, 2.75) is 25.8 Å². The van der Waals surface area contributed by atoms with E-state index in [1.807, 2.05) is 0 Å². The van der Waals surface area contributed by atoms with Gasteiger partial charge in [-0.3, -0.25) is 24.6 Å². The molecule has 7 heteroatoms. The zero-order chi connectivity index (χ0) is 14.0. The van der Waals surface area contributed by atoms with E-state index in [4.69, 9.17) is 0 Å². The van der Waals surface area contributed by atoms with Crippen molar-refractivity contribution in [1.29, 1.82) is 0 Å². The number of carbonyl (C=O) groups is 2. The largest absolute Gasteiger partial charge is 0.283 e. The fraction of sp³-hybridized carbons (Fsp3) is 0.333. The number of piperidine rings is 1. The number of rotatable bonds is 3. The predicted octanol–water partition coefficient (Wildman–Crippen LogP) is 2.40. The van der Waals surface area contributed by atoms with Gasteiger partial charge in [-0.05, 0) is 27.9 Å². The third kappa shape index (κ3) is 2.81. The van der Waals surface area contributed by atoms with Gasteiger partial charge in [-0.25, -0.2) is 0 Å². The van der Waals surface area contributed by atoms with E-state index < -0.39 is 4.92 Å². The fourth-order valence-electron chi connectivity index (χ4n) is 1.98. The van der Waals surface area contributed by atoms with Crippen molar-refractivity contribution in [3.05, 3.63) is 38.3 Å². The molecule has 2 amide bonds. The highest BCUT2D eigenvalue weighted by atomic mass is 79.9. The molecule has 6 nitrogen and oxygen atoms in total. The number of hydrogen-bond acceptors (Lipinski definition) is 4. The molecule has 0 N–H and O–H groups in total. The maximum atomic E-state index is 11.7. The lowest BCUT2D eigenvalue weighted by Crippen LogP contribution is -2.39. The van der Waals surface area contributed by atoms with Crippen LogP contribution in [0.3, 0.4) is 0 Å². The van der Waals surface area contributed by atoms with Crippen LogP contribution in [0.5, 0.6) is 0 Å². The molecule has 0 unspecified atom stereocenters. The minimum Gasteiger partial charge on any atom is -0.278 e. The molecule has 0 spiro atoms. The highest BCUT2D eigenvalue weighted by Crippen LogP contribution is 2.29. The molecule has 0 saturated carbocycles. The molecule has 1 saturated heterocycles. The second kappa shape index (κ2) is 5.48. The summed E-state index contributed by atoms with van der Waals surface area (Å²) in [5.41, 5.74) is 0.479. The van der Waals surface area contributed by atoms with Crippen LogP contribution in [-0.2, 0) is 16.1 Å². The Balaban J connectivity index is 2.28. The van der Waals surface area contributed by atoms with Gasteiger partial charge in [0.05, 0.1) is 11.5 Å². The zero-order valence-corrected chi connectivity index (χ0v) is 11.6. The number of nitrogens with zero attached hydrogens (tertiary/aromatic N) is 2. The summed E-state index contributed by atoms with van der Waals surface area (Å²) >= 11 is 3.16. The Kier molecular flexibility index (Phi) is 3.94. The summed E-state index contributed by atoms with van der Waals surface area (Å²) in [5, 5.41) is 10.8. The molecule has 1 aromatic carbocycles. The molecule has 0 aliphatic carbocycles. The number of likely N-dealkylation sites (tertiary alicyclic amines) is 1. The lowest BCUT2D eigenvalue weighted by atomic mass is 10.1. The van der Waals surface area contributed by atoms with Crippen molar-refractivity contribution in [3.63, 3.8) is 0 Å². The van der Waals surface area contributed by atoms with E-state index in [2.05, 4.69) is 15.9 Å². The van der Waals surface area contributed by atoms with Crippen molar-refractivity contribution in [3.8, 4) is 0 Å². The van der Waals surface area contributed by atoms with E-state index in [0.717, 1.165) is 4.90 Å². The van der Waals surface area contributed by atoms with Gasteiger partial charge in [-0.1, -0.05) is 12.1 Å². The molecule has 19 heavy (non-hydrogen) atoms. The lowest BCUT2D eigenvalue weighted by molar-refractivity contribution is -0.385. The van der Waals surface area contributed by atoms with Crippen LogP contribution in [0.4, 0.5) is 5.69 Å². The van der Waals surface area contributed by atoms with Crippen molar-refractivity contribution in [2.24, 2.45) is 0 Å². The fourth-order valence-corrected chi connectivity index (χ4v) is 2.51. The van der Waals surface area contributed by atoms with Crippen LogP contribution in [-0.4, -0.2) is 21.6 Å². The molecule has 1 fully saturated rings. The summed E-state index contributed by atoms with van der Waals surface area (Å²) in [7, 11) is 0. The second-order valence-corrected chi connectivity index (χ2v) is 5.03. The van der Waals surface area contributed by atoms with Crippen LogP contribution in [0, 0.1) is 10.1 Å². The second-order valence-electron chi connectivity index (χ2n) is 4.23. The normalized spacial score (nSPS) is 15.7. The van der Waals surface area contributed by atoms with Crippen molar-refractivity contribution in [1.82, 2.24) is 4.90 Å². The molecule has 1 aliphatic rings. The number of carbonyl (C=O) groups excluding carboxylic acids is 2. The van der Waals surface area contributed by atoms with Crippen molar-refractivity contribution >= 4 is 33.4 Å². The number of nitro benzene ring substituents is 1. The van der Waals surface area contributed by atoms with Crippen molar-refractivity contribution in [2.75, 3.05) is 0 Å². The summed E-state index contributed by atoms with van der Waals surface area (Å²) < 4.78 is 0.311. The summed E-state index contributed by atoms with van der Waals surface area (Å²) in [6, 6.07) is 4.57. The lowest BCUT2D eigenvalue weighted by Gasteiger charge is -2.25. The van der Waals surface area contributed by atoms with Gasteiger partial charge in [-0.2, -0.15) is 0 Å². The smallest absolute Gasteiger partial charge is 0.278 e. The Labute approximate surface area is 117 Å². The number of hydrogen-bond donors (Lipinski definition) is 0. The molecule has 1 heterocycles. The highest BCUT2D eigenvalue weighted by Gasteiger charge is 2.27. The van der Waals surface area contributed by atoms with Crippen LogP contribution in [0.25, 0.3) is 0 Å². The molecule has 2 rings (SSSR count). The van der Waals surface area contributed by atoms with Gasteiger partial charge in [0.2, 0.25) is 11.8 Å². The van der Waals surface area contributed by atoms with Crippen LogP contribution >= 0.6 is 15.9 Å². The highest BCUT2D eigenvalue weighted by molar-refractivity contribution is 9.10. The summed E-state index contributed by atoms with van der Waals surface area (Å²) in [6.07, 6.45) is 1.26. The number of nitro groups is 1. The summed E-state index contributed by atoms with van der Waals surface area (Å²) in [5.74, 6) is -0.454. The number of amides is 2.